The summed E-state index contributed by atoms with van der Waals surface area (Å²) >= 11 is 11.1. The maximum atomic E-state index is 5.94. The van der Waals surface area contributed by atoms with Crippen LogP contribution in [0.5, 0.6) is 5.75 Å². The average molecular weight is 253 g/mol. The number of nitrogens with zero attached hydrogens (tertiary/aromatic N) is 1. The van der Waals surface area contributed by atoms with Crippen molar-refractivity contribution in [3.8, 4) is 17.0 Å². The van der Waals surface area contributed by atoms with Gasteiger partial charge in [-0.3, -0.25) is 4.98 Å². The molecule has 82 valence electrons. The van der Waals surface area contributed by atoms with E-state index in [0.29, 0.717) is 21.1 Å². The maximum Gasteiger partial charge on any atom is 0.138 e. The van der Waals surface area contributed by atoms with Gasteiger partial charge in [0, 0.05) is 18.0 Å². The minimum atomic E-state index is 0.567. The monoisotopic (exact) mass is 252 g/mol. The van der Waals surface area contributed by atoms with E-state index in [9.17, 15) is 0 Å². The molecule has 2 rings (SSSR count). The number of ether oxygens (including phenoxy) is 1. The zero-order chi connectivity index (χ0) is 11.5. The number of aromatic amines is 1. The first-order valence-corrected chi connectivity index (χ1v) is 5.38. The van der Waals surface area contributed by atoms with Gasteiger partial charge in [0.1, 0.15) is 16.1 Å². The van der Waals surface area contributed by atoms with Crippen LogP contribution < -0.4 is 4.74 Å². The molecule has 0 aliphatic carbocycles. The van der Waals surface area contributed by atoms with E-state index >= 15 is 0 Å². The molecule has 2 aromatic rings. The van der Waals surface area contributed by atoms with Gasteiger partial charge < -0.3 is 9.72 Å². The molecule has 1 aromatic heterocycles. The van der Waals surface area contributed by atoms with Crippen molar-refractivity contribution >= 4 is 23.8 Å². The van der Waals surface area contributed by atoms with E-state index in [1.807, 2.05) is 12.1 Å². The van der Waals surface area contributed by atoms with E-state index in [2.05, 4.69) is 9.97 Å². The molecule has 0 radical (unpaired) electrons. The van der Waals surface area contributed by atoms with Gasteiger partial charge in [-0.1, -0.05) is 29.9 Å². The highest BCUT2D eigenvalue weighted by atomic mass is 35.5. The fourth-order valence-corrected chi connectivity index (χ4v) is 1.80. The van der Waals surface area contributed by atoms with Crippen LogP contribution in [-0.4, -0.2) is 17.1 Å². The molecule has 0 atom stereocenters. The lowest BCUT2D eigenvalue weighted by molar-refractivity contribution is 0.415. The molecule has 0 aliphatic heterocycles. The summed E-state index contributed by atoms with van der Waals surface area (Å²) in [6, 6.07) is 5.43. The Balaban J connectivity index is 2.57. The number of aromatic nitrogens is 2. The molecule has 0 bridgehead atoms. The summed E-state index contributed by atoms with van der Waals surface area (Å²) in [5.74, 6) is 0.610. The summed E-state index contributed by atoms with van der Waals surface area (Å²) in [6.45, 7) is 0. The second-order valence-electron chi connectivity index (χ2n) is 3.12. The Morgan fingerprint density at radius 1 is 1.44 bits per heavy atom. The Kier molecular flexibility index (Phi) is 3.22. The van der Waals surface area contributed by atoms with Gasteiger partial charge in [-0.25, -0.2) is 0 Å². The van der Waals surface area contributed by atoms with Gasteiger partial charge in [-0.15, -0.1) is 0 Å². The second-order valence-corrected chi connectivity index (χ2v) is 3.93. The minimum Gasteiger partial charge on any atom is -0.495 e. The molecule has 1 aromatic carbocycles. The molecule has 0 amide bonds. The van der Waals surface area contributed by atoms with Crippen LogP contribution in [0.15, 0.2) is 30.6 Å². The molecule has 16 heavy (non-hydrogen) atoms. The van der Waals surface area contributed by atoms with E-state index in [0.717, 1.165) is 5.56 Å². The lowest BCUT2D eigenvalue weighted by Crippen LogP contribution is -1.89. The van der Waals surface area contributed by atoms with Crippen LogP contribution in [0.3, 0.4) is 0 Å². The van der Waals surface area contributed by atoms with Crippen molar-refractivity contribution in [1.29, 1.82) is 0 Å². The number of hydrogen-bond acceptors (Lipinski definition) is 3. The van der Waals surface area contributed by atoms with Gasteiger partial charge in [0.2, 0.25) is 0 Å². The molecule has 0 spiro atoms. The first kappa shape index (κ1) is 11.1. The van der Waals surface area contributed by atoms with E-state index < -0.39 is 0 Å². The molecule has 0 saturated heterocycles. The fourth-order valence-electron chi connectivity index (χ4n) is 1.36. The largest absolute Gasteiger partial charge is 0.495 e. The second kappa shape index (κ2) is 4.63. The van der Waals surface area contributed by atoms with Crippen LogP contribution in [-0.2, 0) is 0 Å². The van der Waals surface area contributed by atoms with E-state index in [1.165, 1.54) is 0 Å². The Labute approximate surface area is 103 Å². The number of nitrogens with one attached hydrogen (secondary N) is 1. The summed E-state index contributed by atoms with van der Waals surface area (Å²) in [6.07, 6.45) is 3.35. The SMILES string of the molecule is COc1cc(-c2ncc[nH]c2=S)ccc1Cl. The number of benzene rings is 1. The van der Waals surface area contributed by atoms with Crippen LogP contribution >= 0.6 is 23.8 Å². The molecule has 3 nitrogen and oxygen atoms in total. The molecule has 0 saturated carbocycles. The van der Waals surface area contributed by atoms with Crippen LogP contribution in [0.2, 0.25) is 5.02 Å². The van der Waals surface area contributed by atoms with Gasteiger partial charge in [0.25, 0.3) is 0 Å². The van der Waals surface area contributed by atoms with Crippen molar-refractivity contribution < 1.29 is 4.74 Å². The van der Waals surface area contributed by atoms with E-state index in [1.54, 1.807) is 25.6 Å². The summed E-state index contributed by atoms with van der Waals surface area (Å²) in [4.78, 5) is 7.15. The standard InChI is InChI=1S/C11H9ClN2OS/c1-15-9-6-7(2-3-8(9)12)10-11(16)14-5-4-13-10/h2-6H,1H3,(H,14,16). The van der Waals surface area contributed by atoms with Crippen molar-refractivity contribution in [1.82, 2.24) is 9.97 Å². The average Bonchev–Trinajstić information content (AvgIpc) is 2.31. The van der Waals surface area contributed by atoms with Crippen LogP contribution in [0.1, 0.15) is 0 Å². The molecule has 0 aliphatic rings. The van der Waals surface area contributed by atoms with Crippen LogP contribution in [0.25, 0.3) is 11.3 Å². The van der Waals surface area contributed by atoms with Gasteiger partial charge in [0.05, 0.1) is 12.1 Å². The smallest absolute Gasteiger partial charge is 0.138 e. The highest BCUT2D eigenvalue weighted by molar-refractivity contribution is 7.71. The third-order valence-electron chi connectivity index (χ3n) is 2.13. The summed E-state index contributed by atoms with van der Waals surface area (Å²) in [5, 5.41) is 0.567. The summed E-state index contributed by atoms with van der Waals surface area (Å²) in [5.41, 5.74) is 1.59. The molecular formula is C11H9ClN2OS. The normalized spacial score (nSPS) is 10.1. The predicted molar refractivity (Wildman–Crippen MR) is 66.4 cm³/mol. The predicted octanol–water partition coefficient (Wildman–Crippen LogP) is 3.47. The third kappa shape index (κ3) is 2.08. The summed E-state index contributed by atoms with van der Waals surface area (Å²) < 4.78 is 5.73. The van der Waals surface area contributed by atoms with Crippen molar-refractivity contribution in [2.24, 2.45) is 0 Å². The first-order chi connectivity index (χ1) is 7.72. The highest BCUT2D eigenvalue weighted by Crippen LogP contribution is 2.29. The van der Waals surface area contributed by atoms with Crippen molar-refractivity contribution in [2.75, 3.05) is 7.11 Å². The van der Waals surface area contributed by atoms with Crippen molar-refractivity contribution in [2.45, 2.75) is 0 Å². The number of methoxy groups -OCH3 is 1. The lowest BCUT2D eigenvalue weighted by atomic mass is 10.1. The third-order valence-corrected chi connectivity index (χ3v) is 2.76. The highest BCUT2D eigenvalue weighted by Gasteiger charge is 2.06. The van der Waals surface area contributed by atoms with E-state index in [4.69, 9.17) is 28.6 Å². The van der Waals surface area contributed by atoms with Gasteiger partial charge in [-0.05, 0) is 12.1 Å². The topological polar surface area (TPSA) is 37.9 Å². The van der Waals surface area contributed by atoms with Crippen LogP contribution in [0.4, 0.5) is 0 Å². The van der Waals surface area contributed by atoms with E-state index in [-0.39, 0.29) is 0 Å². The van der Waals surface area contributed by atoms with Gasteiger partial charge >= 0.3 is 0 Å². The molecular weight excluding hydrogens is 244 g/mol. The minimum absolute atomic E-state index is 0.567. The quantitative estimate of drug-likeness (QED) is 0.832. The Hall–Kier alpha value is -1.39. The Bertz CT molecular complexity index is 568. The maximum absolute atomic E-state index is 5.94. The van der Waals surface area contributed by atoms with Crippen LogP contribution in [0, 0.1) is 4.64 Å². The molecule has 0 fully saturated rings. The first-order valence-electron chi connectivity index (χ1n) is 4.60. The van der Waals surface area contributed by atoms with Gasteiger partial charge in [0.15, 0.2) is 0 Å². The zero-order valence-corrected chi connectivity index (χ0v) is 10.1. The lowest BCUT2D eigenvalue weighted by Gasteiger charge is -2.05. The number of halogens is 1. The van der Waals surface area contributed by atoms with Gasteiger partial charge in [-0.2, -0.15) is 0 Å². The number of H-pyrrole nitrogens is 1. The molecule has 5 heteroatoms. The number of hydrogen-bond donors (Lipinski definition) is 1. The molecule has 1 heterocycles. The molecule has 1 N–H and O–H groups in total. The Morgan fingerprint density at radius 2 is 2.25 bits per heavy atom. The fraction of sp³-hybridized carbons (Fsp3) is 0.0909. The number of rotatable bonds is 2. The Morgan fingerprint density at radius 3 is 2.94 bits per heavy atom. The zero-order valence-electron chi connectivity index (χ0n) is 8.53. The van der Waals surface area contributed by atoms with Crippen molar-refractivity contribution in [3.63, 3.8) is 0 Å². The summed E-state index contributed by atoms with van der Waals surface area (Å²) in [7, 11) is 1.57. The molecule has 0 unspecified atom stereocenters. The van der Waals surface area contributed by atoms with Crippen molar-refractivity contribution in [3.05, 3.63) is 40.3 Å².